The molecule has 1 fully saturated rings. The lowest BCUT2D eigenvalue weighted by atomic mass is 9.87. The number of methoxy groups -OCH3 is 1. The Labute approximate surface area is 127 Å². The summed E-state index contributed by atoms with van der Waals surface area (Å²) in [5.74, 6) is 1.18. The first-order chi connectivity index (χ1) is 9.86. The van der Waals surface area contributed by atoms with Crippen molar-refractivity contribution >= 4 is 15.7 Å². The number of nitrogens with zero attached hydrogens (tertiary/aromatic N) is 1. The van der Waals surface area contributed by atoms with Crippen molar-refractivity contribution in [3.63, 3.8) is 0 Å². The lowest BCUT2D eigenvalue weighted by Gasteiger charge is -2.32. The normalized spacial score (nSPS) is 23.2. The van der Waals surface area contributed by atoms with Gasteiger partial charge in [0.2, 0.25) is 10.0 Å². The van der Waals surface area contributed by atoms with E-state index in [9.17, 15) is 8.42 Å². The molecule has 0 bridgehead atoms. The van der Waals surface area contributed by atoms with Crippen LogP contribution in [0.2, 0.25) is 0 Å². The van der Waals surface area contributed by atoms with Crippen molar-refractivity contribution in [2.45, 2.75) is 43.5 Å². The Bertz CT molecular complexity index is 593. The smallest absolute Gasteiger partial charge is 0.243 e. The number of hydrogen-bond acceptors (Lipinski definition) is 4. The average molecular weight is 312 g/mol. The number of anilines is 1. The van der Waals surface area contributed by atoms with Crippen LogP contribution in [0, 0.1) is 5.92 Å². The van der Waals surface area contributed by atoms with Crippen LogP contribution in [0.15, 0.2) is 23.1 Å². The van der Waals surface area contributed by atoms with Gasteiger partial charge in [0.15, 0.2) is 0 Å². The molecule has 118 valence electrons. The molecule has 0 amide bonds. The van der Waals surface area contributed by atoms with Crippen LogP contribution >= 0.6 is 0 Å². The summed E-state index contributed by atoms with van der Waals surface area (Å²) in [6.45, 7) is 2.22. The van der Waals surface area contributed by atoms with Crippen LogP contribution in [0.4, 0.5) is 5.69 Å². The van der Waals surface area contributed by atoms with Gasteiger partial charge in [-0.05, 0) is 49.8 Å². The van der Waals surface area contributed by atoms with Crippen molar-refractivity contribution in [1.82, 2.24) is 4.31 Å². The second kappa shape index (κ2) is 6.23. The molecule has 1 saturated carbocycles. The maximum Gasteiger partial charge on any atom is 0.243 e. The van der Waals surface area contributed by atoms with Crippen molar-refractivity contribution in [2.75, 3.05) is 19.9 Å². The third-order valence-electron chi connectivity index (χ3n) is 4.38. The van der Waals surface area contributed by atoms with E-state index >= 15 is 0 Å². The molecule has 6 heteroatoms. The standard InChI is InChI=1S/C15H24N2O3S/c1-11-4-6-12(7-5-11)17(2)21(18,19)13-8-9-15(20-3)14(16)10-13/h8-12H,4-7,16H2,1-3H3. The van der Waals surface area contributed by atoms with Crippen LogP contribution < -0.4 is 10.5 Å². The third kappa shape index (κ3) is 3.32. The maximum absolute atomic E-state index is 12.7. The Morgan fingerprint density at radius 2 is 1.86 bits per heavy atom. The fourth-order valence-electron chi connectivity index (χ4n) is 2.84. The van der Waals surface area contributed by atoms with Crippen LogP contribution in [0.1, 0.15) is 32.6 Å². The molecule has 0 radical (unpaired) electrons. The number of hydrogen-bond donors (Lipinski definition) is 1. The van der Waals surface area contributed by atoms with Gasteiger partial charge in [0, 0.05) is 13.1 Å². The highest BCUT2D eigenvalue weighted by Crippen LogP contribution is 2.31. The SMILES string of the molecule is COc1ccc(S(=O)(=O)N(C)C2CCC(C)CC2)cc1N. The summed E-state index contributed by atoms with van der Waals surface area (Å²) in [6, 6.07) is 4.69. The Morgan fingerprint density at radius 1 is 1.24 bits per heavy atom. The summed E-state index contributed by atoms with van der Waals surface area (Å²) in [7, 11) is -0.334. The Morgan fingerprint density at radius 3 is 2.38 bits per heavy atom. The fourth-order valence-corrected chi connectivity index (χ4v) is 4.29. The van der Waals surface area contributed by atoms with Gasteiger partial charge < -0.3 is 10.5 Å². The van der Waals surface area contributed by atoms with Gasteiger partial charge in [0.25, 0.3) is 0 Å². The second-order valence-corrected chi connectivity index (χ2v) is 7.84. The molecule has 1 aliphatic rings. The van der Waals surface area contributed by atoms with Crippen LogP contribution in [-0.4, -0.2) is 32.9 Å². The molecule has 2 N–H and O–H groups in total. The van der Waals surface area contributed by atoms with Crippen molar-refractivity contribution in [2.24, 2.45) is 5.92 Å². The first-order valence-electron chi connectivity index (χ1n) is 7.27. The van der Waals surface area contributed by atoms with E-state index in [1.807, 2.05) is 0 Å². The molecule has 0 aromatic heterocycles. The molecule has 1 aromatic rings. The zero-order valence-electron chi connectivity index (χ0n) is 12.9. The minimum atomic E-state index is -3.51. The molecule has 21 heavy (non-hydrogen) atoms. The summed E-state index contributed by atoms with van der Waals surface area (Å²) >= 11 is 0. The van der Waals surface area contributed by atoms with Gasteiger partial charge in [-0.1, -0.05) is 6.92 Å². The molecule has 0 atom stereocenters. The molecule has 1 aromatic carbocycles. The van der Waals surface area contributed by atoms with E-state index in [1.54, 1.807) is 19.2 Å². The molecule has 0 unspecified atom stereocenters. The van der Waals surface area contributed by atoms with Crippen LogP contribution in [-0.2, 0) is 10.0 Å². The van der Waals surface area contributed by atoms with Crippen LogP contribution in [0.5, 0.6) is 5.75 Å². The molecule has 0 aliphatic heterocycles. The van der Waals surface area contributed by atoms with Gasteiger partial charge in [-0.2, -0.15) is 4.31 Å². The van der Waals surface area contributed by atoms with E-state index in [0.29, 0.717) is 17.4 Å². The van der Waals surface area contributed by atoms with Crippen molar-refractivity contribution in [3.05, 3.63) is 18.2 Å². The first-order valence-corrected chi connectivity index (χ1v) is 8.71. The van der Waals surface area contributed by atoms with Crippen LogP contribution in [0.25, 0.3) is 0 Å². The Hall–Kier alpha value is -1.27. The van der Waals surface area contributed by atoms with Gasteiger partial charge in [0.1, 0.15) is 5.75 Å². The van der Waals surface area contributed by atoms with E-state index in [4.69, 9.17) is 10.5 Å². The topological polar surface area (TPSA) is 72.6 Å². The zero-order chi connectivity index (χ0) is 15.6. The minimum absolute atomic E-state index is 0.0783. The Kier molecular flexibility index (Phi) is 4.78. The summed E-state index contributed by atoms with van der Waals surface area (Å²) in [6.07, 6.45) is 4.00. The summed E-state index contributed by atoms with van der Waals surface area (Å²) < 4.78 is 32.0. The molecule has 0 spiro atoms. The number of nitrogens with two attached hydrogens (primary N) is 1. The molecular formula is C15H24N2O3S. The Balaban J connectivity index is 2.22. The number of benzene rings is 1. The van der Waals surface area contributed by atoms with Gasteiger partial charge in [-0.15, -0.1) is 0 Å². The van der Waals surface area contributed by atoms with Crippen LogP contribution in [0.3, 0.4) is 0 Å². The van der Waals surface area contributed by atoms with Gasteiger partial charge in [-0.3, -0.25) is 0 Å². The number of ether oxygens (including phenoxy) is 1. The zero-order valence-corrected chi connectivity index (χ0v) is 13.7. The quantitative estimate of drug-likeness (QED) is 0.867. The van der Waals surface area contributed by atoms with E-state index in [0.717, 1.165) is 25.7 Å². The third-order valence-corrected chi connectivity index (χ3v) is 6.28. The highest BCUT2D eigenvalue weighted by atomic mass is 32.2. The van der Waals surface area contributed by atoms with Gasteiger partial charge in [-0.25, -0.2) is 8.42 Å². The molecular weight excluding hydrogens is 288 g/mol. The van der Waals surface area contributed by atoms with Crippen molar-refractivity contribution in [3.8, 4) is 5.75 Å². The number of rotatable bonds is 4. The highest BCUT2D eigenvalue weighted by molar-refractivity contribution is 7.89. The van der Waals surface area contributed by atoms with E-state index in [2.05, 4.69) is 6.92 Å². The summed E-state index contributed by atoms with van der Waals surface area (Å²) in [5, 5.41) is 0. The molecule has 2 rings (SSSR count). The first kappa shape index (κ1) is 16.1. The molecule has 1 aliphatic carbocycles. The van der Waals surface area contributed by atoms with E-state index < -0.39 is 10.0 Å². The summed E-state index contributed by atoms with van der Waals surface area (Å²) in [5.41, 5.74) is 6.15. The van der Waals surface area contributed by atoms with Crippen molar-refractivity contribution < 1.29 is 13.2 Å². The lowest BCUT2D eigenvalue weighted by molar-refractivity contribution is 0.246. The van der Waals surface area contributed by atoms with Gasteiger partial charge in [0.05, 0.1) is 17.7 Å². The average Bonchev–Trinajstić information content (AvgIpc) is 2.47. The molecule has 5 nitrogen and oxygen atoms in total. The maximum atomic E-state index is 12.7. The van der Waals surface area contributed by atoms with Crippen molar-refractivity contribution in [1.29, 1.82) is 0 Å². The second-order valence-electron chi connectivity index (χ2n) is 5.84. The minimum Gasteiger partial charge on any atom is -0.495 e. The number of sulfonamides is 1. The summed E-state index contributed by atoms with van der Waals surface area (Å²) in [4.78, 5) is 0.224. The van der Waals surface area contributed by atoms with E-state index in [-0.39, 0.29) is 10.9 Å². The van der Waals surface area contributed by atoms with E-state index in [1.165, 1.54) is 17.5 Å². The molecule has 0 saturated heterocycles. The number of nitrogen functional groups attached to an aromatic ring is 1. The predicted molar refractivity (Wildman–Crippen MR) is 83.8 cm³/mol. The molecule has 0 heterocycles. The fraction of sp³-hybridized carbons (Fsp3) is 0.600. The predicted octanol–water partition coefficient (Wildman–Crippen LogP) is 2.48. The largest absolute Gasteiger partial charge is 0.495 e. The van der Waals surface area contributed by atoms with Gasteiger partial charge >= 0.3 is 0 Å². The highest BCUT2D eigenvalue weighted by Gasteiger charge is 2.30. The lowest BCUT2D eigenvalue weighted by Crippen LogP contribution is -2.39. The monoisotopic (exact) mass is 312 g/mol.